The van der Waals surface area contributed by atoms with Crippen molar-refractivity contribution in [3.8, 4) is 0 Å². The number of aliphatic carboxylic acids is 1. The van der Waals surface area contributed by atoms with Crippen LogP contribution in [0.4, 0.5) is 0 Å². The minimum Gasteiger partial charge on any atom is -0.481 e. The number of ether oxygens (including phenoxy) is 1. The first-order valence-electron chi connectivity index (χ1n) is 3.67. The molecule has 0 aromatic rings. The van der Waals surface area contributed by atoms with Gasteiger partial charge in [-0.1, -0.05) is 0 Å². The van der Waals surface area contributed by atoms with Crippen LogP contribution in [0.25, 0.3) is 0 Å². The van der Waals surface area contributed by atoms with Crippen LogP contribution in [0.5, 0.6) is 0 Å². The van der Waals surface area contributed by atoms with Crippen LogP contribution in [0.15, 0.2) is 0 Å². The first-order chi connectivity index (χ1) is 5.63. The van der Waals surface area contributed by atoms with Gasteiger partial charge in [0.2, 0.25) is 6.39 Å². The molecule has 0 saturated heterocycles. The lowest BCUT2D eigenvalue weighted by Gasteiger charge is -1.99. The number of nitrogens with one attached hydrogen (secondary N) is 1. The smallest absolute Gasteiger partial charge is 0.305 e. The van der Waals surface area contributed by atoms with Gasteiger partial charge in [0.05, 0.1) is 19.6 Å². The van der Waals surface area contributed by atoms with E-state index in [-0.39, 0.29) is 26.2 Å². The molecule has 5 heteroatoms. The molecule has 64 valence electrons. The number of amides is 1. The Morgan fingerprint density at radius 1 is 1.73 bits per heavy atom. The van der Waals surface area contributed by atoms with Gasteiger partial charge in [-0.25, -0.2) is 0 Å². The van der Waals surface area contributed by atoms with Crippen molar-refractivity contribution < 1.29 is 20.8 Å². The van der Waals surface area contributed by atoms with E-state index < -0.39 is 12.4 Å². The van der Waals surface area contributed by atoms with Crippen molar-refractivity contribution in [2.24, 2.45) is 0 Å². The zero-order valence-corrected chi connectivity index (χ0v) is 6.00. The molecule has 0 fully saturated rings. The van der Waals surface area contributed by atoms with Gasteiger partial charge in [-0.05, 0) is 0 Å². The normalized spacial score (nSPS) is 10.4. The maximum Gasteiger partial charge on any atom is 0.305 e. The Hall–Kier alpha value is -1.10. The standard InChI is InChI=1S/C6H11NO4/c8-5-7-2-4-11-3-1-6(9)10/h5H,1-4H2,(H,7,8)(H,9,10)/i5D. The van der Waals surface area contributed by atoms with Crippen LogP contribution in [0.2, 0.25) is 0 Å². The van der Waals surface area contributed by atoms with Crippen LogP contribution in [0, 0.1) is 0 Å². The van der Waals surface area contributed by atoms with Crippen molar-refractivity contribution in [3.05, 3.63) is 0 Å². The molecular weight excluding hydrogens is 150 g/mol. The number of hydrogen-bond donors (Lipinski definition) is 2. The summed E-state index contributed by atoms with van der Waals surface area (Å²) >= 11 is 0. The maximum absolute atomic E-state index is 9.99. The Morgan fingerprint density at radius 3 is 3.00 bits per heavy atom. The summed E-state index contributed by atoms with van der Waals surface area (Å²) in [5.74, 6) is -0.917. The molecule has 0 atom stereocenters. The van der Waals surface area contributed by atoms with Crippen LogP contribution in [-0.2, 0) is 14.3 Å². The molecule has 0 aliphatic rings. The van der Waals surface area contributed by atoms with Gasteiger partial charge in [0.15, 0.2) is 0 Å². The van der Waals surface area contributed by atoms with Crippen LogP contribution in [-0.4, -0.2) is 37.2 Å². The zero-order valence-electron chi connectivity index (χ0n) is 7.00. The average Bonchev–Trinajstić information content (AvgIpc) is 1.95. The molecule has 1 amide bonds. The number of rotatable bonds is 6. The van der Waals surface area contributed by atoms with Crippen molar-refractivity contribution in [2.75, 3.05) is 19.8 Å². The van der Waals surface area contributed by atoms with E-state index in [9.17, 15) is 9.59 Å². The number of hydrogen-bond acceptors (Lipinski definition) is 3. The van der Waals surface area contributed by atoms with Crippen molar-refractivity contribution in [3.63, 3.8) is 0 Å². The van der Waals surface area contributed by atoms with E-state index in [4.69, 9.17) is 11.2 Å². The van der Waals surface area contributed by atoms with Gasteiger partial charge in [0.25, 0.3) is 0 Å². The largest absolute Gasteiger partial charge is 0.481 e. The molecule has 5 nitrogen and oxygen atoms in total. The maximum atomic E-state index is 9.99. The highest BCUT2D eigenvalue weighted by Gasteiger charge is 1.94. The number of carboxylic acids is 1. The third-order valence-corrected chi connectivity index (χ3v) is 0.904. The lowest BCUT2D eigenvalue weighted by Crippen LogP contribution is -2.18. The summed E-state index contributed by atoms with van der Waals surface area (Å²) in [6.45, 7) is 0.600. The molecule has 0 heterocycles. The van der Waals surface area contributed by atoms with E-state index in [1.165, 1.54) is 0 Å². The summed E-state index contributed by atoms with van der Waals surface area (Å²) in [5.41, 5.74) is 0. The molecule has 11 heavy (non-hydrogen) atoms. The van der Waals surface area contributed by atoms with Gasteiger partial charge in [-0.15, -0.1) is 0 Å². The van der Waals surface area contributed by atoms with Crippen molar-refractivity contribution in [1.82, 2.24) is 5.32 Å². The molecule has 0 radical (unpaired) electrons. The molecule has 0 bridgehead atoms. The summed E-state index contributed by atoms with van der Waals surface area (Å²) in [6.07, 6.45) is -0.911. The summed E-state index contributed by atoms with van der Waals surface area (Å²) < 4.78 is 11.2. The van der Waals surface area contributed by atoms with Crippen LogP contribution in [0.3, 0.4) is 0 Å². The topological polar surface area (TPSA) is 75.6 Å². The van der Waals surface area contributed by atoms with Gasteiger partial charge in [-0.2, -0.15) is 0 Å². The highest BCUT2D eigenvalue weighted by atomic mass is 16.5. The average molecular weight is 162 g/mol. The zero-order chi connectivity index (χ0) is 9.40. The summed E-state index contributed by atoms with van der Waals surface area (Å²) in [6, 6.07) is 0. The molecular formula is C6H11NO4. The predicted octanol–water partition coefficient (Wildman–Crippen LogP) is -0.776. The fraction of sp³-hybridized carbons (Fsp3) is 0.667. The van der Waals surface area contributed by atoms with Gasteiger partial charge in [0, 0.05) is 6.54 Å². The molecule has 0 spiro atoms. The summed E-state index contributed by atoms with van der Waals surface area (Å²) in [5, 5.41) is 10.4. The molecule has 0 unspecified atom stereocenters. The Kier molecular flexibility index (Phi) is 5.10. The Balaban J connectivity index is 3.01. The van der Waals surface area contributed by atoms with Crippen LogP contribution >= 0.6 is 0 Å². The third kappa shape index (κ3) is 8.90. The molecule has 0 rings (SSSR count). The number of carboxylic acid groups (broad SMARTS) is 1. The van der Waals surface area contributed by atoms with Gasteiger partial charge < -0.3 is 15.2 Å². The minimum atomic E-state index is -0.917. The van der Waals surface area contributed by atoms with E-state index in [2.05, 4.69) is 5.32 Å². The second-order valence-corrected chi connectivity index (χ2v) is 1.78. The molecule has 0 saturated carbocycles. The van der Waals surface area contributed by atoms with Gasteiger partial charge in [0.1, 0.15) is 1.37 Å². The Morgan fingerprint density at radius 2 is 2.45 bits per heavy atom. The molecule has 0 aliphatic carbocycles. The number of carbonyl (C=O) groups excluding carboxylic acids is 1. The van der Waals surface area contributed by atoms with E-state index in [1.54, 1.807) is 0 Å². The quantitative estimate of drug-likeness (QED) is 0.397. The second-order valence-electron chi connectivity index (χ2n) is 1.78. The number of carbonyl (C=O) groups is 2. The predicted molar refractivity (Wildman–Crippen MR) is 37.1 cm³/mol. The van der Waals surface area contributed by atoms with Crippen LogP contribution < -0.4 is 5.32 Å². The van der Waals surface area contributed by atoms with Crippen molar-refractivity contribution in [1.29, 1.82) is 0 Å². The Labute approximate surface area is 65.7 Å². The first kappa shape index (κ1) is 8.00. The van der Waals surface area contributed by atoms with Gasteiger partial charge in [-0.3, -0.25) is 9.59 Å². The summed E-state index contributed by atoms with van der Waals surface area (Å²) in [7, 11) is 0. The lowest BCUT2D eigenvalue weighted by atomic mass is 10.5. The second kappa shape index (κ2) is 7.01. The monoisotopic (exact) mass is 162 g/mol. The Bertz CT molecular complexity index is 144. The SMILES string of the molecule is [2H]C(=O)NCCOCCC(=O)O. The third-order valence-electron chi connectivity index (χ3n) is 0.904. The molecule has 0 aromatic heterocycles. The lowest BCUT2D eigenvalue weighted by molar-refractivity contribution is -0.138. The highest BCUT2D eigenvalue weighted by Crippen LogP contribution is 1.80. The summed E-state index contributed by atoms with van der Waals surface area (Å²) in [4.78, 5) is 20.0. The first-order valence-corrected chi connectivity index (χ1v) is 3.17. The van der Waals surface area contributed by atoms with Gasteiger partial charge >= 0.3 is 5.97 Å². The van der Waals surface area contributed by atoms with E-state index in [0.717, 1.165) is 0 Å². The molecule has 0 aliphatic heterocycles. The van der Waals surface area contributed by atoms with Crippen molar-refractivity contribution >= 4 is 12.4 Å². The molecule has 0 aromatic carbocycles. The fourth-order valence-corrected chi connectivity index (χ4v) is 0.436. The van der Waals surface area contributed by atoms with Crippen LogP contribution in [0.1, 0.15) is 7.79 Å². The van der Waals surface area contributed by atoms with E-state index in [1.807, 2.05) is 0 Å². The van der Waals surface area contributed by atoms with Crippen molar-refractivity contribution in [2.45, 2.75) is 6.42 Å². The van der Waals surface area contributed by atoms with E-state index >= 15 is 0 Å². The highest BCUT2D eigenvalue weighted by molar-refractivity contribution is 5.66. The minimum absolute atomic E-state index is 0.0468. The fourth-order valence-electron chi connectivity index (χ4n) is 0.436. The van der Waals surface area contributed by atoms with E-state index in [0.29, 0.717) is 0 Å². The molecule has 2 N–H and O–H groups in total.